The summed E-state index contributed by atoms with van der Waals surface area (Å²) < 4.78 is 5.20. The Bertz CT molecular complexity index is 752. The molecule has 0 radical (unpaired) electrons. The molecular formula is C18H23N4O3S+. The molecule has 1 saturated heterocycles. The standard InChI is InChI=1S/C18H22N4O3S/c1-25-12-6-4-5-11(9-12)22-17(24)13(16(23)21-18(22)26)10-20-15-8-3-2-7-14(15)19/h4-6,9-10,13-15H,2-3,7-8,19H2,1H3,(H,21,23,26)/p+1/t13-,14-,15+/m0/s1. The van der Waals surface area contributed by atoms with Gasteiger partial charge >= 0.3 is 0 Å². The minimum absolute atomic E-state index is 0.0588. The molecule has 1 saturated carbocycles. The van der Waals surface area contributed by atoms with Crippen LogP contribution in [0.25, 0.3) is 0 Å². The summed E-state index contributed by atoms with van der Waals surface area (Å²) in [7, 11) is 1.55. The lowest BCUT2D eigenvalue weighted by molar-refractivity contribution is -0.428. The minimum Gasteiger partial charge on any atom is -0.497 e. The maximum absolute atomic E-state index is 12.9. The Hall–Kier alpha value is -2.32. The van der Waals surface area contributed by atoms with Crippen molar-refractivity contribution in [1.82, 2.24) is 5.32 Å². The molecular weight excluding hydrogens is 352 g/mol. The van der Waals surface area contributed by atoms with Crippen molar-refractivity contribution in [1.29, 1.82) is 0 Å². The number of hydrogen-bond acceptors (Lipinski definition) is 5. The molecule has 1 aromatic rings. The van der Waals surface area contributed by atoms with E-state index in [4.69, 9.17) is 17.0 Å². The number of hydrogen-bond donors (Lipinski definition) is 2. The summed E-state index contributed by atoms with van der Waals surface area (Å²) in [6, 6.07) is 7.25. The number of rotatable bonds is 4. The lowest BCUT2D eigenvalue weighted by atomic mass is 9.91. The molecule has 1 aliphatic heterocycles. The van der Waals surface area contributed by atoms with Crippen LogP contribution in [0.4, 0.5) is 5.69 Å². The Morgan fingerprint density at radius 2 is 2.12 bits per heavy atom. The number of anilines is 1. The molecule has 138 valence electrons. The molecule has 2 aliphatic rings. The summed E-state index contributed by atoms with van der Waals surface area (Å²) >= 11 is 5.20. The Balaban J connectivity index is 1.83. The van der Waals surface area contributed by atoms with E-state index in [1.807, 2.05) is 0 Å². The molecule has 0 aromatic heterocycles. The van der Waals surface area contributed by atoms with Gasteiger partial charge in [-0.15, -0.1) is 0 Å². The van der Waals surface area contributed by atoms with Crippen LogP contribution in [0.3, 0.4) is 0 Å². The van der Waals surface area contributed by atoms with Crippen LogP contribution < -0.4 is 20.7 Å². The molecule has 1 aliphatic carbocycles. The summed E-state index contributed by atoms with van der Waals surface area (Å²) in [5.74, 6) is -1.25. The molecule has 8 heteroatoms. The zero-order chi connectivity index (χ0) is 18.7. The van der Waals surface area contributed by atoms with E-state index in [0.717, 1.165) is 25.7 Å². The van der Waals surface area contributed by atoms with E-state index < -0.39 is 17.7 Å². The number of amides is 2. The van der Waals surface area contributed by atoms with Gasteiger partial charge in [0.15, 0.2) is 11.0 Å². The van der Waals surface area contributed by atoms with Crippen molar-refractivity contribution in [2.45, 2.75) is 37.8 Å². The third-order valence-corrected chi connectivity index (χ3v) is 5.09. The van der Waals surface area contributed by atoms with Crippen LogP contribution in [0.1, 0.15) is 25.7 Å². The monoisotopic (exact) mass is 375 g/mol. The molecule has 4 N–H and O–H groups in total. The van der Waals surface area contributed by atoms with E-state index >= 15 is 0 Å². The number of nitrogens with zero attached hydrogens (tertiary/aromatic N) is 2. The Kier molecular flexibility index (Phi) is 5.63. The van der Waals surface area contributed by atoms with Crippen molar-refractivity contribution >= 4 is 41.0 Å². The second-order valence-electron chi connectivity index (χ2n) is 6.56. The normalized spacial score (nSPS) is 26.9. The molecule has 7 nitrogen and oxygen atoms in total. The number of ether oxygens (including phenoxy) is 1. The number of thiocarbonyl (C=S) groups is 1. The zero-order valence-corrected chi connectivity index (χ0v) is 15.5. The van der Waals surface area contributed by atoms with Crippen molar-refractivity contribution < 1.29 is 20.1 Å². The smallest absolute Gasteiger partial charge is 0.251 e. The fourth-order valence-corrected chi connectivity index (χ4v) is 3.59. The topological polar surface area (TPSA) is 98.6 Å². The Morgan fingerprint density at radius 1 is 1.35 bits per heavy atom. The van der Waals surface area contributed by atoms with Crippen LogP contribution >= 0.6 is 12.2 Å². The van der Waals surface area contributed by atoms with Crippen molar-refractivity contribution in [3.8, 4) is 5.75 Å². The highest BCUT2D eigenvalue weighted by molar-refractivity contribution is 7.80. The van der Waals surface area contributed by atoms with Gasteiger partial charge in [-0.2, -0.15) is 0 Å². The first-order valence-corrected chi connectivity index (χ1v) is 9.11. The molecule has 1 aromatic carbocycles. The van der Waals surface area contributed by atoms with Crippen LogP contribution in [-0.4, -0.2) is 42.3 Å². The van der Waals surface area contributed by atoms with E-state index in [2.05, 4.69) is 16.0 Å². The van der Waals surface area contributed by atoms with Crippen molar-refractivity contribution in [2.24, 2.45) is 10.9 Å². The number of nitrogens with one attached hydrogen (secondary N) is 1. The first-order chi connectivity index (χ1) is 12.5. The average molecular weight is 375 g/mol. The fourth-order valence-electron chi connectivity index (χ4n) is 3.30. The van der Waals surface area contributed by atoms with Crippen LogP contribution in [-0.2, 0) is 9.59 Å². The van der Waals surface area contributed by atoms with E-state index in [-0.39, 0.29) is 17.2 Å². The fraction of sp³-hybridized carbons (Fsp3) is 0.444. The molecule has 2 fully saturated rings. The van der Waals surface area contributed by atoms with E-state index in [1.165, 1.54) is 11.1 Å². The van der Waals surface area contributed by atoms with E-state index in [1.54, 1.807) is 31.4 Å². The number of carbonyl (C=O) groups excluding carboxylic acids is 2. The van der Waals surface area contributed by atoms with Gasteiger partial charge < -0.3 is 15.8 Å². The minimum atomic E-state index is -0.998. The molecule has 0 unspecified atom stereocenters. The summed E-state index contributed by atoms with van der Waals surface area (Å²) in [4.78, 5) is 31.1. The highest BCUT2D eigenvalue weighted by Gasteiger charge is 2.39. The van der Waals surface area contributed by atoms with Gasteiger partial charge in [0.2, 0.25) is 5.91 Å². The third kappa shape index (κ3) is 3.76. The quantitative estimate of drug-likeness (QED) is 0.459. The molecule has 0 bridgehead atoms. The van der Waals surface area contributed by atoms with Gasteiger partial charge in [0.25, 0.3) is 5.91 Å². The number of aliphatic imine (C=N–C) groups is 1. The Morgan fingerprint density at radius 3 is 2.85 bits per heavy atom. The molecule has 26 heavy (non-hydrogen) atoms. The number of methoxy groups -OCH3 is 1. The zero-order valence-electron chi connectivity index (χ0n) is 14.7. The van der Waals surface area contributed by atoms with Crippen LogP contribution in [0.2, 0.25) is 0 Å². The second-order valence-corrected chi connectivity index (χ2v) is 6.94. The van der Waals surface area contributed by atoms with Crippen molar-refractivity contribution in [3.63, 3.8) is 0 Å². The number of quaternary nitrogens is 1. The average Bonchev–Trinajstić information content (AvgIpc) is 2.63. The molecule has 3 rings (SSSR count). The van der Waals surface area contributed by atoms with Crippen molar-refractivity contribution in [3.05, 3.63) is 24.3 Å². The summed E-state index contributed by atoms with van der Waals surface area (Å²) in [5, 5.41) is 2.66. The van der Waals surface area contributed by atoms with Gasteiger partial charge in [-0.3, -0.25) is 19.5 Å². The van der Waals surface area contributed by atoms with Crippen LogP contribution in [0.5, 0.6) is 5.75 Å². The molecule has 2 amide bonds. The summed E-state index contributed by atoms with van der Waals surface area (Å²) in [6.45, 7) is 0. The summed E-state index contributed by atoms with van der Waals surface area (Å²) in [6.07, 6.45) is 5.67. The second kappa shape index (κ2) is 7.92. The molecule has 0 spiro atoms. The summed E-state index contributed by atoms with van der Waals surface area (Å²) in [5.41, 5.74) is 4.68. The SMILES string of the molecule is COc1cccc(N2C(=O)[C@@H](C=N[C@@H]3CCCC[C@@H]3[NH3+])C(=O)NC2=S)c1. The van der Waals surface area contributed by atoms with Gasteiger partial charge in [-0.05, 0) is 37.2 Å². The van der Waals surface area contributed by atoms with Gasteiger partial charge in [0.05, 0.1) is 12.8 Å². The van der Waals surface area contributed by atoms with E-state index in [0.29, 0.717) is 11.4 Å². The molecule has 3 atom stereocenters. The largest absolute Gasteiger partial charge is 0.497 e. The van der Waals surface area contributed by atoms with Crippen LogP contribution in [0, 0.1) is 5.92 Å². The maximum Gasteiger partial charge on any atom is 0.251 e. The van der Waals surface area contributed by atoms with Crippen LogP contribution in [0.15, 0.2) is 29.3 Å². The first kappa shape index (κ1) is 18.5. The van der Waals surface area contributed by atoms with Gasteiger partial charge in [-0.1, -0.05) is 12.5 Å². The highest BCUT2D eigenvalue weighted by atomic mass is 32.1. The predicted molar refractivity (Wildman–Crippen MR) is 102 cm³/mol. The third-order valence-electron chi connectivity index (χ3n) is 4.81. The molecule has 1 heterocycles. The predicted octanol–water partition coefficient (Wildman–Crippen LogP) is 0.683. The van der Waals surface area contributed by atoms with Crippen molar-refractivity contribution in [2.75, 3.05) is 12.0 Å². The highest BCUT2D eigenvalue weighted by Crippen LogP contribution is 2.25. The van der Waals surface area contributed by atoms with Gasteiger partial charge in [0.1, 0.15) is 17.8 Å². The Labute approximate surface area is 157 Å². The first-order valence-electron chi connectivity index (χ1n) is 8.70. The lowest BCUT2D eigenvalue weighted by Crippen LogP contribution is -2.66. The number of carbonyl (C=O) groups is 2. The van der Waals surface area contributed by atoms with Gasteiger partial charge in [-0.25, -0.2) is 0 Å². The lowest BCUT2D eigenvalue weighted by Gasteiger charge is -2.31. The maximum atomic E-state index is 12.9. The van der Waals surface area contributed by atoms with Gasteiger partial charge in [0, 0.05) is 18.7 Å². The van der Waals surface area contributed by atoms with E-state index in [9.17, 15) is 9.59 Å². The number of benzene rings is 1.